The predicted molar refractivity (Wildman–Crippen MR) is 64.2 cm³/mol. The highest BCUT2D eigenvalue weighted by Crippen LogP contribution is 2.25. The molecule has 0 saturated heterocycles. The van der Waals surface area contributed by atoms with E-state index in [4.69, 9.17) is 5.90 Å². The highest BCUT2D eigenvalue weighted by atomic mass is 79.9. The van der Waals surface area contributed by atoms with Crippen LogP contribution in [0.15, 0.2) is 34.1 Å². The summed E-state index contributed by atoms with van der Waals surface area (Å²) in [5.41, 5.74) is 1.96. The van der Waals surface area contributed by atoms with Gasteiger partial charge in [0.25, 0.3) is 0 Å². The molecule has 2 N–H and O–H groups in total. The first kappa shape index (κ1) is 10.8. The van der Waals surface area contributed by atoms with Crippen LogP contribution in [0.1, 0.15) is 5.69 Å². The van der Waals surface area contributed by atoms with Crippen molar-refractivity contribution in [3.8, 4) is 10.6 Å². The van der Waals surface area contributed by atoms with Crippen LogP contribution in [0.4, 0.5) is 0 Å². The molecule has 0 aliphatic heterocycles. The minimum Gasteiger partial charge on any atom is -0.298 e. The molecule has 15 heavy (non-hydrogen) atoms. The van der Waals surface area contributed by atoms with Crippen LogP contribution in [0.2, 0.25) is 0 Å². The Morgan fingerprint density at radius 1 is 1.33 bits per heavy atom. The van der Waals surface area contributed by atoms with Crippen LogP contribution in [-0.4, -0.2) is 4.98 Å². The lowest BCUT2D eigenvalue weighted by Crippen LogP contribution is -1.98. The van der Waals surface area contributed by atoms with E-state index < -0.39 is 0 Å². The normalized spacial score (nSPS) is 10.5. The van der Waals surface area contributed by atoms with Crippen LogP contribution in [0.3, 0.4) is 0 Å². The van der Waals surface area contributed by atoms with Crippen LogP contribution in [0, 0.1) is 0 Å². The second-order valence-corrected chi connectivity index (χ2v) is 4.74. The van der Waals surface area contributed by atoms with Gasteiger partial charge in [-0.3, -0.25) is 4.84 Å². The second-order valence-electron chi connectivity index (χ2n) is 2.96. The Morgan fingerprint density at radius 3 is 2.73 bits per heavy atom. The van der Waals surface area contributed by atoms with Crippen molar-refractivity contribution in [2.75, 3.05) is 0 Å². The average Bonchev–Trinajstić information content (AvgIpc) is 2.68. The molecule has 0 aliphatic carbocycles. The molecule has 0 amide bonds. The van der Waals surface area contributed by atoms with Gasteiger partial charge < -0.3 is 0 Å². The number of hydrogen-bond acceptors (Lipinski definition) is 4. The van der Waals surface area contributed by atoms with Gasteiger partial charge >= 0.3 is 0 Å². The molecule has 2 aromatic rings. The van der Waals surface area contributed by atoms with Gasteiger partial charge in [0.2, 0.25) is 0 Å². The van der Waals surface area contributed by atoms with Crippen LogP contribution in [-0.2, 0) is 11.4 Å². The van der Waals surface area contributed by atoms with Gasteiger partial charge in [-0.15, -0.1) is 11.3 Å². The van der Waals surface area contributed by atoms with E-state index in [0.29, 0.717) is 6.61 Å². The Labute approximate surface area is 100.0 Å². The van der Waals surface area contributed by atoms with Gasteiger partial charge in [-0.25, -0.2) is 10.9 Å². The first-order valence-corrected chi connectivity index (χ1v) is 5.99. The van der Waals surface area contributed by atoms with Crippen LogP contribution >= 0.6 is 27.3 Å². The molecule has 1 aromatic carbocycles. The second kappa shape index (κ2) is 4.85. The summed E-state index contributed by atoms with van der Waals surface area (Å²) in [6.45, 7) is 0.354. The monoisotopic (exact) mass is 284 g/mol. The maximum absolute atomic E-state index is 4.99. The molecule has 0 aliphatic rings. The van der Waals surface area contributed by atoms with Crippen molar-refractivity contribution in [2.45, 2.75) is 6.61 Å². The fourth-order valence-corrected chi connectivity index (χ4v) is 2.26. The maximum atomic E-state index is 4.99. The smallest absolute Gasteiger partial charge is 0.123 e. The maximum Gasteiger partial charge on any atom is 0.123 e. The van der Waals surface area contributed by atoms with Crippen molar-refractivity contribution in [3.63, 3.8) is 0 Å². The lowest BCUT2D eigenvalue weighted by atomic mass is 10.2. The van der Waals surface area contributed by atoms with Crippen LogP contribution in [0.5, 0.6) is 0 Å². The third-order valence-corrected chi connectivity index (χ3v) is 3.34. The molecule has 0 radical (unpaired) electrons. The van der Waals surface area contributed by atoms with Gasteiger partial charge in [0.1, 0.15) is 11.6 Å². The summed E-state index contributed by atoms with van der Waals surface area (Å²) >= 11 is 4.98. The van der Waals surface area contributed by atoms with Crippen molar-refractivity contribution < 1.29 is 4.84 Å². The highest BCUT2D eigenvalue weighted by Gasteiger charge is 2.04. The van der Waals surface area contributed by atoms with Gasteiger partial charge in [0.05, 0.1) is 5.69 Å². The SMILES string of the molecule is NOCc1csc(-c2ccc(Br)cc2)n1. The van der Waals surface area contributed by atoms with E-state index in [1.165, 1.54) is 0 Å². The van der Waals surface area contributed by atoms with Gasteiger partial charge in [0.15, 0.2) is 0 Å². The summed E-state index contributed by atoms with van der Waals surface area (Å²) in [6.07, 6.45) is 0. The minimum absolute atomic E-state index is 0.354. The summed E-state index contributed by atoms with van der Waals surface area (Å²) < 4.78 is 1.06. The van der Waals surface area contributed by atoms with E-state index in [1.807, 2.05) is 29.6 Å². The highest BCUT2D eigenvalue weighted by molar-refractivity contribution is 9.10. The van der Waals surface area contributed by atoms with Gasteiger partial charge in [-0.1, -0.05) is 28.1 Å². The molecular weight excluding hydrogens is 276 g/mol. The Bertz CT molecular complexity index is 441. The zero-order valence-electron chi connectivity index (χ0n) is 7.81. The van der Waals surface area contributed by atoms with Crippen molar-refractivity contribution in [2.24, 2.45) is 5.90 Å². The molecule has 5 heteroatoms. The van der Waals surface area contributed by atoms with Crippen molar-refractivity contribution in [1.29, 1.82) is 0 Å². The molecule has 0 atom stereocenters. The number of halogens is 1. The first-order chi connectivity index (χ1) is 7.29. The van der Waals surface area contributed by atoms with Crippen molar-refractivity contribution >= 4 is 27.3 Å². The third-order valence-electron chi connectivity index (χ3n) is 1.87. The van der Waals surface area contributed by atoms with Crippen molar-refractivity contribution in [3.05, 3.63) is 39.8 Å². The zero-order valence-corrected chi connectivity index (χ0v) is 10.2. The number of aromatic nitrogens is 1. The fourth-order valence-electron chi connectivity index (χ4n) is 1.18. The lowest BCUT2D eigenvalue weighted by molar-refractivity contribution is 0.122. The summed E-state index contributed by atoms with van der Waals surface area (Å²) in [4.78, 5) is 8.93. The molecule has 2 rings (SSSR count). The van der Waals surface area contributed by atoms with Crippen molar-refractivity contribution in [1.82, 2.24) is 4.98 Å². The number of rotatable bonds is 3. The third kappa shape index (κ3) is 2.63. The zero-order chi connectivity index (χ0) is 10.7. The Balaban J connectivity index is 2.25. The fraction of sp³-hybridized carbons (Fsp3) is 0.100. The summed E-state index contributed by atoms with van der Waals surface area (Å²) in [5, 5.41) is 2.93. The van der Waals surface area contributed by atoms with E-state index in [2.05, 4.69) is 25.8 Å². The number of thiazole rings is 1. The molecule has 0 spiro atoms. The molecule has 0 unspecified atom stereocenters. The number of nitrogens with two attached hydrogens (primary N) is 1. The predicted octanol–water partition coefficient (Wildman–Crippen LogP) is 2.96. The molecule has 78 valence electrons. The van der Waals surface area contributed by atoms with Gasteiger partial charge in [-0.05, 0) is 12.1 Å². The first-order valence-electron chi connectivity index (χ1n) is 4.31. The van der Waals surface area contributed by atoms with Crippen LogP contribution < -0.4 is 5.90 Å². The Hall–Kier alpha value is -0.750. The number of benzene rings is 1. The average molecular weight is 285 g/mol. The van der Waals surface area contributed by atoms with E-state index in [-0.39, 0.29) is 0 Å². The summed E-state index contributed by atoms with van der Waals surface area (Å²) in [6, 6.07) is 8.04. The molecule has 0 bridgehead atoms. The molecule has 1 aromatic heterocycles. The molecule has 1 heterocycles. The lowest BCUT2D eigenvalue weighted by Gasteiger charge is -1.96. The standard InChI is InChI=1S/C10H9BrN2OS/c11-8-3-1-7(2-4-8)10-13-9(5-14-12)6-15-10/h1-4,6H,5,12H2. The van der Waals surface area contributed by atoms with E-state index in [0.717, 1.165) is 20.7 Å². The minimum atomic E-state index is 0.354. The Morgan fingerprint density at radius 2 is 2.07 bits per heavy atom. The quantitative estimate of drug-likeness (QED) is 0.882. The van der Waals surface area contributed by atoms with E-state index >= 15 is 0 Å². The Kier molecular flexibility index (Phi) is 3.48. The number of hydrogen-bond donors (Lipinski definition) is 1. The topological polar surface area (TPSA) is 48.1 Å². The summed E-state index contributed by atoms with van der Waals surface area (Å²) in [5.74, 6) is 4.99. The van der Waals surface area contributed by atoms with Gasteiger partial charge in [-0.2, -0.15) is 0 Å². The molecular formula is C10H9BrN2OS. The van der Waals surface area contributed by atoms with E-state index in [9.17, 15) is 0 Å². The van der Waals surface area contributed by atoms with Crippen LogP contribution in [0.25, 0.3) is 10.6 Å². The largest absolute Gasteiger partial charge is 0.298 e. The molecule has 0 fully saturated rings. The number of nitrogens with zero attached hydrogens (tertiary/aromatic N) is 1. The van der Waals surface area contributed by atoms with E-state index in [1.54, 1.807) is 11.3 Å². The molecule has 3 nitrogen and oxygen atoms in total. The molecule has 0 saturated carbocycles. The van der Waals surface area contributed by atoms with Gasteiger partial charge in [0, 0.05) is 15.4 Å². The summed E-state index contributed by atoms with van der Waals surface area (Å²) in [7, 11) is 0.